The van der Waals surface area contributed by atoms with Gasteiger partial charge in [0.1, 0.15) is 11.5 Å². The number of hydrogen-bond acceptors (Lipinski definition) is 2. The van der Waals surface area contributed by atoms with E-state index in [9.17, 15) is 0 Å². The quantitative estimate of drug-likeness (QED) is 0.564. The van der Waals surface area contributed by atoms with Crippen LogP contribution in [0.3, 0.4) is 0 Å². The third kappa shape index (κ3) is 6.64. The molecule has 0 aliphatic rings. The predicted molar refractivity (Wildman–Crippen MR) is 118 cm³/mol. The predicted octanol–water partition coefficient (Wildman–Crippen LogP) is 6.52. The largest absolute Gasteiger partial charge is 0.478 e. The van der Waals surface area contributed by atoms with Crippen LogP contribution in [0, 0.1) is 11.8 Å². The molecule has 0 heterocycles. The van der Waals surface area contributed by atoms with Gasteiger partial charge in [-0.25, -0.2) is 0 Å². The van der Waals surface area contributed by atoms with E-state index in [2.05, 4.69) is 77.6 Å². The fourth-order valence-corrected chi connectivity index (χ4v) is 2.77. The van der Waals surface area contributed by atoms with Crippen LogP contribution in [0.2, 0.25) is 0 Å². The summed E-state index contributed by atoms with van der Waals surface area (Å²) in [4.78, 5) is 0. The van der Waals surface area contributed by atoms with Gasteiger partial charge in [0.2, 0.25) is 0 Å². The summed E-state index contributed by atoms with van der Waals surface area (Å²) in [6.45, 7) is 17.1. The highest BCUT2D eigenvalue weighted by molar-refractivity contribution is 5.33. The van der Waals surface area contributed by atoms with E-state index in [0.29, 0.717) is 0 Å². The first-order valence-corrected chi connectivity index (χ1v) is 10.0. The molecule has 2 nitrogen and oxygen atoms in total. The van der Waals surface area contributed by atoms with Crippen LogP contribution in [0.25, 0.3) is 0 Å². The van der Waals surface area contributed by atoms with E-state index in [1.165, 1.54) is 11.1 Å². The summed E-state index contributed by atoms with van der Waals surface area (Å²) in [7, 11) is 0. The Morgan fingerprint density at radius 3 is 1.11 bits per heavy atom. The van der Waals surface area contributed by atoms with E-state index in [0.717, 1.165) is 11.5 Å². The van der Waals surface area contributed by atoms with Gasteiger partial charge < -0.3 is 9.47 Å². The molecule has 2 heteroatoms. The average molecular weight is 379 g/mol. The highest BCUT2D eigenvalue weighted by Crippen LogP contribution is 2.25. The second-order valence-corrected chi connectivity index (χ2v) is 9.36. The van der Waals surface area contributed by atoms with Gasteiger partial charge in [0, 0.05) is 0 Å². The maximum absolute atomic E-state index is 5.91. The molecule has 28 heavy (non-hydrogen) atoms. The fourth-order valence-electron chi connectivity index (χ4n) is 2.77. The van der Waals surface area contributed by atoms with Crippen molar-refractivity contribution in [3.63, 3.8) is 0 Å². The third-order valence-corrected chi connectivity index (χ3v) is 4.56. The van der Waals surface area contributed by atoms with Gasteiger partial charge in [0.15, 0.2) is 12.2 Å². The SMILES string of the molecule is CC(C#CC(C)Oc1ccc(C(C)(C)C)cc1)Oc1ccc(C(C)(C)C)cc1. The molecule has 0 radical (unpaired) electrons. The molecule has 0 spiro atoms. The molecular formula is C26H34O2. The number of ether oxygens (including phenoxy) is 2. The van der Waals surface area contributed by atoms with Crippen LogP contribution in [-0.2, 0) is 10.8 Å². The minimum absolute atomic E-state index is 0.141. The van der Waals surface area contributed by atoms with E-state index in [1.807, 2.05) is 38.1 Å². The van der Waals surface area contributed by atoms with Crippen molar-refractivity contribution < 1.29 is 9.47 Å². The molecule has 0 saturated heterocycles. The molecule has 2 aromatic carbocycles. The van der Waals surface area contributed by atoms with Crippen LogP contribution < -0.4 is 9.47 Å². The molecule has 2 aromatic rings. The van der Waals surface area contributed by atoms with Gasteiger partial charge in [0.05, 0.1) is 0 Å². The van der Waals surface area contributed by atoms with Crippen LogP contribution in [0.4, 0.5) is 0 Å². The lowest BCUT2D eigenvalue weighted by Crippen LogP contribution is -2.14. The van der Waals surface area contributed by atoms with E-state index in [1.54, 1.807) is 0 Å². The van der Waals surface area contributed by atoms with Crippen molar-refractivity contribution in [2.24, 2.45) is 0 Å². The minimum Gasteiger partial charge on any atom is -0.478 e. The van der Waals surface area contributed by atoms with Gasteiger partial charge >= 0.3 is 0 Å². The van der Waals surface area contributed by atoms with Crippen LogP contribution in [0.15, 0.2) is 48.5 Å². The Kier molecular flexibility index (Phi) is 6.83. The van der Waals surface area contributed by atoms with E-state index in [4.69, 9.17) is 9.47 Å². The summed E-state index contributed by atoms with van der Waals surface area (Å²) in [5, 5.41) is 0. The van der Waals surface area contributed by atoms with Crippen molar-refractivity contribution in [3.05, 3.63) is 59.7 Å². The molecule has 0 saturated carbocycles. The first kappa shape index (κ1) is 21.9. The lowest BCUT2D eigenvalue weighted by atomic mass is 9.87. The second kappa shape index (κ2) is 8.74. The molecule has 150 valence electrons. The lowest BCUT2D eigenvalue weighted by molar-refractivity contribution is 0.268. The Bertz CT molecular complexity index is 737. The van der Waals surface area contributed by atoms with E-state index >= 15 is 0 Å². The zero-order valence-electron chi connectivity index (χ0n) is 18.6. The fraction of sp³-hybridized carbons (Fsp3) is 0.462. The average Bonchev–Trinajstić information content (AvgIpc) is 2.59. The van der Waals surface area contributed by atoms with E-state index < -0.39 is 0 Å². The summed E-state index contributed by atoms with van der Waals surface area (Å²) in [5.74, 6) is 7.94. The Labute approximate surface area is 171 Å². The molecular weight excluding hydrogens is 344 g/mol. The molecule has 0 amide bonds. The summed E-state index contributed by atoms with van der Waals surface area (Å²) in [6, 6.07) is 16.5. The molecule has 2 atom stereocenters. The smallest absolute Gasteiger partial charge is 0.156 e. The zero-order chi connectivity index (χ0) is 20.9. The molecule has 2 rings (SSSR count). The normalized spacial score (nSPS) is 13.9. The molecule has 0 bridgehead atoms. The molecule has 0 aliphatic carbocycles. The summed E-state index contributed by atoms with van der Waals surface area (Å²) in [5.41, 5.74) is 2.86. The minimum atomic E-state index is -0.199. The summed E-state index contributed by atoms with van der Waals surface area (Å²) >= 11 is 0. The molecule has 2 unspecified atom stereocenters. The summed E-state index contributed by atoms with van der Waals surface area (Å²) in [6.07, 6.45) is -0.399. The topological polar surface area (TPSA) is 18.5 Å². The van der Waals surface area contributed by atoms with Gasteiger partial charge in [-0.15, -0.1) is 0 Å². The molecule has 0 N–H and O–H groups in total. The Hall–Kier alpha value is -2.40. The Morgan fingerprint density at radius 1 is 0.571 bits per heavy atom. The van der Waals surface area contributed by atoms with Crippen LogP contribution in [-0.4, -0.2) is 12.2 Å². The van der Waals surface area contributed by atoms with Crippen molar-refractivity contribution >= 4 is 0 Å². The highest BCUT2D eigenvalue weighted by atomic mass is 16.5. The van der Waals surface area contributed by atoms with Crippen molar-refractivity contribution in [2.75, 3.05) is 0 Å². The van der Waals surface area contributed by atoms with Gasteiger partial charge in [-0.2, -0.15) is 0 Å². The van der Waals surface area contributed by atoms with Gasteiger partial charge in [-0.05, 0) is 60.1 Å². The maximum atomic E-state index is 5.91. The lowest BCUT2D eigenvalue weighted by Gasteiger charge is -2.19. The van der Waals surface area contributed by atoms with E-state index in [-0.39, 0.29) is 23.0 Å². The number of hydrogen-bond donors (Lipinski definition) is 0. The molecule has 0 fully saturated rings. The first-order chi connectivity index (χ1) is 12.9. The van der Waals surface area contributed by atoms with Gasteiger partial charge in [-0.1, -0.05) is 77.6 Å². The van der Waals surface area contributed by atoms with Crippen molar-refractivity contribution in [1.82, 2.24) is 0 Å². The molecule has 0 aromatic heterocycles. The van der Waals surface area contributed by atoms with Crippen LogP contribution in [0.1, 0.15) is 66.5 Å². The van der Waals surface area contributed by atoms with Crippen molar-refractivity contribution in [1.29, 1.82) is 0 Å². The standard InChI is InChI=1S/C26H34O2/c1-19(27-23-15-11-21(12-16-23)25(3,4)5)9-10-20(2)28-24-17-13-22(14-18-24)26(6,7)8/h11-20H,1-8H3. The maximum Gasteiger partial charge on any atom is 0.156 e. The number of benzene rings is 2. The second-order valence-electron chi connectivity index (χ2n) is 9.36. The molecule has 0 aliphatic heterocycles. The van der Waals surface area contributed by atoms with Gasteiger partial charge in [0.25, 0.3) is 0 Å². The third-order valence-electron chi connectivity index (χ3n) is 4.56. The Morgan fingerprint density at radius 2 is 0.857 bits per heavy atom. The summed E-state index contributed by atoms with van der Waals surface area (Å²) < 4.78 is 11.8. The van der Waals surface area contributed by atoms with Crippen molar-refractivity contribution in [3.8, 4) is 23.3 Å². The monoisotopic (exact) mass is 378 g/mol. The highest BCUT2D eigenvalue weighted by Gasteiger charge is 2.14. The number of rotatable bonds is 4. The zero-order valence-corrected chi connectivity index (χ0v) is 18.6. The van der Waals surface area contributed by atoms with Gasteiger partial charge in [-0.3, -0.25) is 0 Å². The Balaban J connectivity index is 1.91. The van der Waals surface area contributed by atoms with Crippen molar-refractivity contribution in [2.45, 2.75) is 78.4 Å². The van der Waals surface area contributed by atoms with Crippen LogP contribution in [0.5, 0.6) is 11.5 Å². The van der Waals surface area contributed by atoms with Crippen LogP contribution >= 0.6 is 0 Å². The first-order valence-electron chi connectivity index (χ1n) is 10.0.